The molecule has 1 aromatic carbocycles. The smallest absolute Gasteiger partial charge is 0.387 e. The second-order valence-corrected chi connectivity index (χ2v) is 5.52. The van der Waals surface area contributed by atoms with Crippen LogP contribution in [0.5, 0.6) is 5.75 Å². The Bertz CT molecular complexity index is 496. The summed E-state index contributed by atoms with van der Waals surface area (Å²) in [5.41, 5.74) is 0.992. The predicted molar refractivity (Wildman–Crippen MR) is 96.2 cm³/mol. The highest BCUT2D eigenvalue weighted by Gasteiger charge is 2.08. The summed E-state index contributed by atoms with van der Waals surface area (Å²) in [5.74, 6) is 0.989. The summed E-state index contributed by atoms with van der Waals surface area (Å²) < 4.78 is 34.0. The van der Waals surface area contributed by atoms with Gasteiger partial charge in [0.1, 0.15) is 5.75 Å². The minimum atomic E-state index is -2.80. The van der Waals surface area contributed by atoms with Crippen LogP contribution in [0.3, 0.4) is 0 Å². The highest BCUT2D eigenvalue weighted by atomic mass is 19.3. The molecule has 0 aromatic heterocycles. The van der Waals surface area contributed by atoms with Crippen molar-refractivity contribution in [2.75, 3.05) is 33.4 Å². The second-order valence-electron chi connectivity index (χ2n) is 5.52. The predicted octanol–water partition coefficient (Wildman–Crippen LogP) is 3.50. The van der Waals surface area contributed by atoms with Crippen molar-refractivity contribution in [3.05, 3.63) is 29.8 Å². The van der Waals surface area contributed by atoms with E-state index in [9.17, 15) is 8.78 Å². The van der Waals surface area contributed by atoms with E-state index in [0.717, 1.165) is 50.7 Å². The van der Waals surface area contributed by atoms with Crippen LogP contribution >= 0.6 is 0 Å². The SMILES string of the molecule is CCNC(=NCCCCOCC)N(C)Cc1ccc(OC(F)F)cc1. The van der Waals surface area contributed by atoms with Crippen LogP contribution in [0.25, 0.3) is 0 Å². The van der Waals surface area contributed by atoms with Gasteiger partial charge in [0.05, 0.1) is 0 Å². The second kappa shape index (κ2) is 12.5. The Hall–Kier alpha value is -1.89. The van der Waals surface area contributed by atoms with Gasteiger partial charge < -0.3 is 19.7 Å². The van der Waals surface area contributed by atoms with Crippen molar-refractivity contribution in [2.45, 2.75) is 39.8 Å². The summed E-state index contributed by atoms with van der Waals surface area (Å²) in [5, 5.41) is 3.26. The quantitative estimate of drug-likeness (QED) is 0.374. The molecule has 142 valence electrons. The van der Waals surface area contributed by atoms with Gasteiger partial charge >= 0.3 is 6.61 Å². The van der Waals surface area contributed by atoms with Gasteiger partial charge in [-0.05, 0) is 44.4 Å². The van der Waals surface area contributed by atoms with Gasteiger partial charge in [0.2, 0.25) is 0 Å². The van der Waals surface area contributed by atoms with Crippen LogP contribution in [0.15, 0.2) is 29.3 Å². The number of aliphatic imine (C=N–C) groups is 1. The van der Waals surface area contributed by atoms with Gasteiger partial charge in [-0.3, -0.25) is 4.99 Å². The van der Waals surface area contributed by atoms with Gasteiger partial charge in [-0.25, -0.2) is 0 Å². The van der Waals surface area contributed by atoms with Crippen LogP contribution in [0.2, 0.25) is 0 Å². The van der Waals surface area contributed by atoms with E-state index in [1.807, 2.05) is 25.8 Å². The first-order chi connectivity index (χ1) is 12.1. The zero-order valence-corrected chi connectivity index (χ0v) is 15.3. The molecule has 0 unspecified atom stereocenters. The zero-order chi connectivity index (χ0) is 18.5. The molecule has 0 aliphatic heterocycles. The molecule has 1 aromatic rings. The first-order valence-electron chi connectivity index (χ1n) is 8.67. The van der Waals surface area contributed by atoms with Crippen LogP contribution in [0, 0.1) is 0 Å². The number of alkyl halides is 2. The lowest BCUT2D eigenvalue weighted by Crippen LogP contribution is -2.38. The van der Waals surface area contributed by atoms with Crippen molar-refractivity contribution in [1.82, 2.24) is 10.2 Å². The molecule has 1 N–H and O–H groups in total. The van der Waals surface area contributed by atoms with Gasteiger partial charge in [0.15, 0.2) is 5.96 Å². The molecule has 0 aliphatic carbocycles. The monoisotopic (exact) mass is 357 g/mol. The van der Waals surface area contributed by atoms with Crippen LogP contribution in [0.1, 0.15) is 32.3 Å². The van der Waals surface area contributed by atoms with Crippen molar-refractivity contribution in [3.8, 4) is 5.75 Å². The zero-order valence-electron chi connectivity index (χ0n) is 15.3. The van der Waals surface area contributed by atoms with E-state index in [-0.39, 0.29) is 5.75 Å². The molecule has 0 fully saturated rings. The molecule has 0 saturated heterocycles. The maximum atomic E-state index is 12.2. The van der Waals surface area contributed by atoms with Crippen molar-refractivity contribution in [3.63, 3.8) is 0 Å². The summed E-state index contributed by atoms with van der Waals surface area (Å²) >= 11 is 0. The molecule has 1 rings (SSSR count). The third-order valence-corrected chi connectivity index (χ3v) is 3.43. The average molecular weight is 357 g/mol. The molecule has 0 radical (unpaired) electrons. The summed E-state index contributed by atoms with van der Waals surface area (Å²) in [7, 11) is 1.95. The van der Waals surface area contributed by atoms with Crippen LogP contribution in [-0.4, -0.2) is 50.8 Å². The molecule has 0 heterocycles. The average Bonchev–Trinajstić information content (AvgIpc) is 2.58. The Balaban J connectivity index is 2.52. The number of halogens is 2. The highest BCUT2D eigenvalue weighted by Crippen LogP contribution is 2.15. The molecular formula is C18H29F2N3O2. The molecule has 0 bridgehead atoms. The third kappa shape index (κ3) is 9.24. The van der Waals surface area contributed by atoms with E-state index < -0.39 is 6.61 Å². The molecule has 5 nitrogen and oxygen atoms in total. The van der Waals surface area contributed by atoms with E-state index >= 15 is 0 Å². The minimum Gasteiger partial charge on any atom is -0.435 e. The van der Waals surface area contributed by atoms with Crippen LogP contribution < -0.4 is 10.1 Å². The van der Waals surface area contributed by atoms with Gasteiger partial charge in [0, 0.05) is 39.9 Å². The molecule has 7 heteroatoms. The summed E-state index contributed by atoms with van der Waals surface area (Å²) in [6.45, 7) is 4.87. The standard InChI is InChI=1S/C18H29F2N3O2/c1-4-21-18(22-12-6-7-13-24-5-2)23(3)14-15-8-10-16(11-9-15)25-17(19)20/h8-11,17H,4-7,12-14H2,1-3H3,(H,21,22). The Morgan fingerprint density at radius 2 is 1.92 bits per heavy atom. The van der Waals surface area contributed by atoms with E-state index in [2.05, 4.69) is 15.0 Å². The number of nitrogens with one attached hydrogen (secondary N) is 1. The Labute approximate surface area is 149 Å². The topological polar surface area (TPSA) is 46.1 Å². The summed E-state index contributed by atoms with van der Waals surface area (Å²) in [6, 6.07) is 6.65. The molecule has 0 atom stereocenters. The molecule has 0 saturated carbocycles. The Kier molecular flexibility index (Phi) is 10.6. The fraction of sp³-hybridized carbons (Fsp3) is 0.611. The normalized spacial score (nSPS) is 11.7. The van der Waals surface area contributed by atoms with Gasteiger partial charge in [0.25, 0.3) is 0 Å². The molecule has 25 heavy (non-hydrogen) atoms. The van der Waals surface area contributed by atoms with Gasteiger partial charge in [-0.2, -0.15) is 8.78 Å². The van der Waals surface area contributed by atoms with E-state index in [0.29, 0.717) is 6.54 Å². The van der Waals surface area contributed by atoms with Crippen molar-refractivity contribution < 1.29 is 18.3 Å². The Morgan fingerprint density at radius 3 is 2.52 bits per heavy atom. The number of unbranched alkanes of at least 4 members (excludes halogenated alkanes) is 1. The number of nitrogens with zero attached hydrogens (tertiary/aromatic N) is 2. The van der Waals surface area contributed by atoms with Gasteiger partial charge in [-0.1, -0.05) is 12.1 Å². The number of guanidine groups is 1. The third-order valence-electron chi connectivity index (χ3n) is 3.43. The summed E-state index contributed by atoms with van der Waals surface area (Å²) in [4.78, 5) is 6.63. The van der Waals surface area contributed by atoms with Crippen molar-refractivity contribution >= 4 is 5.96 Å². The first-order valence-corrected chi connectivity index (χ1v) is 8.67. The molecular weight excluding hydrogens is 328 g/mol. The summed E-state index contributed by atoms with van der Waals surface area (Å²) in [6.07, 6.45) is 1.97. The minimum absolute atomic E-state index is 0.163. The number of benzene rings is 1. The number of ether oxygens (including phenoxy) is 2. The number of hydrogen-bond acceptors (Lipinski definition) is 3. The van der Waals surface area contributed by atoms with Gasteiger partial charge in [-0.15, -0.1) is 0 Å². The number of rotatable bonds is 11. The fourth-order valence-corrected chi connectivity index (χ4v) is 2.24. The van der Waals surface area contributed by atoms with E-state index in [1.54, 1.807) is 24.3 Å². The van der Waals surface area contributed by atoms with Crippen LogP contribution in [0.4, 0.5) is 8.78 Å². The first kappa shape index (κ1) is 21.2. The van der Waals surface area contributed by atoms with Crippen LogP contribution in [-0.2, 0) is 11.3 Å². The molecule has 0 spiro atoms. The largest absolute Gasteiger partial charge is 0.435 e. The molecule has 0 amide bonds. The maximum absolute atomic E-state index is 12.2. The number of hydrogen-bond donors (Lipinski definition) is 1. The van der Waals surface area contributed by atoms with Crippen molar-refractivity contribution in [1.29, 1.82) is 0 Å². The fourth-order valence-electron chi connectivity index (χ4n) is 2.24. The Morgan fingerprint density at radius 1 is 1.20 bits per heavy atom. The lowest BCUT2D eigenvalue weighted by molar-refractivity contribution is -0.0498. The molecule has 0 aliphatic rings. The lowest BCUT2D eigenvalue weighted by Gasteiger charge is -2.22. The van der Waals surface area contributed by atoms with E-state index in [1.165, 1.54) is 0 Å². The maximum Gasteiger partial charge on any atom is 0.387 e. The lowest BCUT2D eigenvalue weighted by atomic mass is 10.2. The van der Waals surface area contributed by atoms with E-state index in [4.69, 9.17) is 4.74 Å². The van der Waals surface area contributed by atoms with Crippen molar-refractivity contribution in [2.24, 2.45) is 4.99 Å². The highest BCUT2D eigenvalue weighted by molar-refractivity contribution is 5.79.